The Morgan fingerprint density at radius 2 is 2.09 bits per heavy atom. The van der Waals surface area contributed by atoms with E-state index in [0.717, 1.165) is 30.6 Å². The molecule has 1 aliphatic heterocycles. The summed E-state index contributed by atoms with van der Waals surface area (Å²) in [5.74, 6) is 0.306. The van der Waals surface area contributed by atoms with E-state index in [1.807, 2.05) is 4.90 Å². The largest absolute Gasteiger partial charge is 0.340 e. The summed E-state index contributed by atoms with van der Waals surface area (Å²) in [6.07, 6.45) is 0.695. The summed E-state index contributed by atoms with van der Waals surface area (Å²) < 4.78 is 0.931. The molecule has 1 fully saturated rings. The van der Waals surface area contributed by atoms with Gasteiger partial charge in [0.1, 0.15) is 0 Å². The smallest absolute Gasteiger partial charge is 0.223 e. The van der Waals surface area contributed by atoms with E-state index in [1.54, 1.807) is 0 Å². The Bertz CT molecular complexity index is 134. The van der Waals surface area contributed by atoms with Gasteiger partial charge in [0.2, 0.25) is 5.91 Å². The van der Waals surface area contributed by atoms with Crippen molar-refractivity contribution in [3.05, 3.63) is 0 Å². The van der Waals surface area contributed by atoms with Crippen molar-refractivity contribution in [3.8, 4) is 0 Å². The molecule has 0 bridgehead atoms. The summed E-state index contributed by atoms with van der Waals surface area (Å²) >= 11 is 2.24. The molecule has 0 saturated carbocycles. The minimum atomic E-state index is 0.306. The number of amides is 1. The van der Waals surface area contributed by atoms with Crippen molar-refractivity contribution in [1.29, 1.82) is 0 Å². The van der Waals surface area contributed by atoms with Gasteiger partial charge in [-0.2, -0.15) is 0 Å². The van der Waals surface area contributed by atoms with Crippen LogP contribution in [-0.2, 0) is 4.79 Å². The van der Waals surface area contributed by atoms with Crippen molar-refractivity contribution in [2.75, 3.05) is 30.6 Å². The number of carbonyl (C=O) groups excluding carboxylic acids is 1. The normalized spacial score (nSPS) is 18.5. The van der Waals surface area contributed by atoms with E-state index in [2.05, 4.69) is 27.9 Å². The monoisotopic (exact) mass is 268 g/mol. The summed E-state index contributed by atoms with van der Waals surface area (Å²) in [5, 5.41) is 3.22. The van der Waals surface area contributed by atoms with Crippen molar-refractivity contribution in [2.45, 2.75) is 6.42 Å². The van der Waals surface area contributed by atoms with E-state index < -0.39 is 0 Å². The van der Waals surface area contributed by atoms with Crippen molar-refractivity contribution in [1.82, 2.24) is 10.2 Å². The van der Waals surface area contributed by atoms with Gasteiger partial charge < -0.3 is 10.2 Å². The molecular formula is C7H13IN2O. The quantitative estimate of drug-likeness (QED) is 0.575. The van der Waals surface area contributed by atoms with E-state index >= 15 is 0 Å². The van der Waals surface area contributed by atoms with Crippen molar-refractivity contribution >= 4 is 28.5 Å². The number of hydrogen-bond acceptors (Lipinski definition) is 2. The van der Waals surface area contributed by atoms with Crippen LogP contribution in [0.3, 0.4) is 0 Å². The van der Waals surface area contributed by atoms with Crippen molar-refractivity contribution in [3.63, 3.8) is 0 Å². The Kier molecular flexibility index (Phi) is 4.14. The van der Waals surface area contributed by atoms with Crippen LogP contribution in [0.15, 0.2) is 0 Å². The Hall–Kier alpha value is 0.160. The predicted molar refractivity (Wildman–Crippen MR) is 53.0 cm³/mol. The average Bonchev–Trinajstić information content (AvgIpc) is 2.07. The minimum Gasteiger partial charge on any atom is -0.340 e. The van der Waals surface area contributed by atoms with E-state index in [0.29, 0.717) is 12.3 Å². The molecule has 0 aromatic rings. The second-order valence-electron chi connectivity index (χ2n) is 2.57. The summed E-state index contributed by atoms with van der Waals surface area (Å²) in [7, 11) is 0. The van der Waals surface area contributed by atoms with Crippen molar-refractivity contribution < 1.29 is 4.79 Å². The molecule has 4 heteroatoms. The predicted octanol–water partition coefficient (Wildman–Crippen LogP) is 0.243. The van der Waals surface area contributed by atoms with Crippen LogP contribution in [0.5, 0.6) is 0 Å². The molecule has 11 heavy (non-hydrogen) atoms. The second-order valence-corrected chi connectivity index (χ2v) is 3.65. The third-order valence-corrected chi connectivity index (χ3v) is 2.32. The Morgan fingerprint density at radius 1 is 1.45 bits per heavy atom. The van der Waals surface area contributed by atoms with Crippen molar-refractivity contribution in [2.24, 2.45) is 0 Å². The highest BCUT2D eigenvalue weighted by Gasteiger charge is 2.14. The lowest BCUT2D eigenvalue weighted by atomic mass is 10.3. The zero-order valence-electron chi connectivity index (χ0n) is 6.48. The maximum absolute atomic E-state index is 11.3. The van der Waals surface area contributed by atoms with Gasteiger partial charge in [-0.3, -0.25) is 4.79 Å². The summed E-state index contributed by atoms with van der Waals surface area (Å²) in [6.45, 7) is 3.67. The highest BCUT2D eigenvalue weighted by Crippen LogP contribution is 1.98. The average molecular weight is 268 g/mol. The lowest BCUT2D eigenvalue weighted by Crippen LogP contribution is -2.46. The van der Waals surface area contributed by atoms with Gasteiger partial charge in [0.05, 0.1) is 0 Å². The zero-order valence-corrected chi connectivity index (χ0v) is 8.63. The van der Waals surface area contributed by atoms with E-state index in [9.17, 15) is 4.79 Å². The molecule has 1 saturated heterocycles. The first kappa shape index (κ1) is 9.25. The topological polar surface area (TPSA) is 32.3 Å². The van der Waals surface area contributed by atoms with Crippen LogP contribution in [0.2, 0.25) is 0 Å². The van der Waals surface area contributed by atoms with Gasteiger partial charge in [-0.25, -0.2) is 0 Å². The number of alkyl halides is 1. The number of nitrogens with zero attached hydrogens (tertiary/aromatic N) is 1. The molecular weight excluding hydrogens is 255 g/mol. The summed E-state index contributed by atoms with van der Waals surface area (Å²) in [6, 6.07) is 0. The molecule has 3 nitrogen and oxygen atoms in total. The Balaban J connectivity index is 2.27. The molecule has 0 aromatic carbocycles. The van der Waals surface area contributed by atoms with E-state index in [1.165, 1.54) is 0 Å². The van der Waals surface area contributed by atoms with Gasteiger partial charge in [0, 0.05) is 37.0 Å². The first-order chi connectivity index (χ1) is 5.34. The van der Waals surface area contributed by atoms with Crippen LogP contribution >= 0.6 is 22.6 Å². The third kappa shape index (κ3) is 2.94. The SMILES string of the molecule is O=C(CCI)N1CCNCC1. The summed E-state index contributed by atoms with van der Waals surface area (Å²) in [5.41, 5.74) is 0. The van der Waals surface area contributed by atoms with E-state index in [-0.39, 0.29) is 0 Å². The first-order valence-electron chi connectivity index (χ1n) is 3.89. The number of hydrogen-bond donors (Lipinski definition) is 1. The van der Waals surface area contributed by atoms with Gasteiger partial charge in [-0.05, 0) is 0 Å². The highest BCUT2D eigenvalue weighted by molar-refractivity contribution is 14.1. The Labute approximate surface area is 80.7 Å². The van der Waals surface area contributed by atoms with Crippen LogP contribution in [0.25, 0.3) is 0 Å². The molecule has 0 aromatic heterocycles. The maximum atomic E-state index is 11.3. The first-order valence-corrected chi connectivity index (χ1v) is 5.41. The fraction of sp³-hybridized carbons (Fsp3) is 0.857. The number of piperazine rings is 1. The lowest BCUT2D eigenvalue weighted by Gasteiger charge is -2.27. The van der Waals surface area contributed by atoms with Crippen LogP contribution in [0.1, 0.15) is 6.42 Å². The van der Waals surface area contributed by atoms with Crippen LogP contribution in [-0.4, -0.2) is 41.4 Å². The van der Waals surface area contributed by atoms with Gasteiger partial charge >= 0.3 is 0 Å². The molecule has 0 atom stereocenters. The molecule has 1 heterocycles. The molecule has 1 N–H and O–H groups in total. The maximum Gasteiger partial charge on any atom is 0.223 e. The van der Waals surface area contributed by atoms with E-state index in [4.69, 9.17) is 0 Å². The number of nitrogens with one attached hydrogen (secondary N) is 1. The van der Waals surface area contributed by atoms with Crippen LogP contribution in [0.4, 0.5) is 0 Å². The number of halogens is 1. The molecule has 0 unspecified atom stereocenters. The van der Waals surface area contributed by atoms with Crippen LogP contribution in [0, 0.1) is 0 Å². The summed E-state index contributed by atoms with van der Waals surface area (Å²) in [4.78, 5) is 13.2. The fourth-order valence-corrected chi connectivity index (χ4v) is 1.61. The van der Waals surface area contributed by atoms with Gasteiger partial charge in [0.15, 0.2) is 0 Å². The Morgan fingerprint density at radius 3 is 2.64 bits per heavy atom. The number of rotatable bonds is 2. The molecule has 0 aliphatic carbocycles. The molecule has 0 spiro atoms. The second kappa shape index (κ2) is 4.92. The van der Waals surface area contributed by atoms with Gasteiger partial charge in [-0.15, -0.1) is 0 Å². The van der Waals surface area contributed by atoms with Gasteiger partial charge in [0.25, 0.3) is 0 Å². The third-order valence-electron chi connectivity index (χ3n) is 1.78. The molecule has 0 radical (unpaired) electrons. The van der Waals surface area contributed by atoms with Gasteiger partial charge in [-0.1, -0.05) is 22.6 Å². The van der Waals surface area contributed by atoms with Crippen LogP contribution < -0.4 is 5.32 Å². The molecule has 1 rings (SSSR count). The highest BCUT2D eigenvalue weighted by atomic mass is 127. The fourth-order valence-electron chi connectivity index (χ4n) is 1.15. The molecule has 1 aliphatic rings. The standard InChI is InChI=1S/C7H13IN2O/c8-2-1-7(11)10-5-3-9-4-6-10/h9H,1-6H2. The number of carbonyl (C=O) groups is 1. The zero-order chi connectivity index (χ0) is 8.10. The minimum absolute atomic E-state index is 0.306. The molecule has 1 amide bonds. The molecule has 64 valence electrons. The lowest BCUT2D eigenvalue weighted by molar-refractivity contribution is -0.131.